The summed E-state index contributed by atoms with van der Waals surface area (Å²) in [4.78, 5) is 25.5. The van der Waals surface area contributed by atoms with Gasteiger partial charge in [-0.1, -0.05) is 34.1 Å². The zero-order valence-corrected chi connectivity index (χ0v) is 17.6. The van der Waals surface area contributed by atoms with Gasteiger partial charge in [0, 0.05) is 29.3 Å². The van der Waals surface area contributed by atoms with Gasteiger partial charge in [0.1, 0.15) is 5.82 Å². The summed E-state index contributed by atoms with van der Waals surface area (Å²) < 4.78 is 1.06. The van der Waals surface area contributed by atoms with Crippen LogP contribution in [0.25, 0.3) is 11.3 Å². The highest BCUT2D eigenvalue weighted by Gasteiger charge is 2.52. The monoisotopic (exact) mass is 450 g/mol. The number of nitrogens with zero attached hydrogens (tertiary/aromatic N) is 2. The van der Waals surface area contributed by atoms with E-state index in [9.17, 15) is 4.79 Å². The Morgan fingerprint density at radius 1 is 1.14 bits per heavy atom. The molecule has 2 aliphatic carbocycles. The third-order valence-corrected chi connectivity index (χ3v) is 7.00. The van der Waals surface area contributed by atoms with Gasteiger partial charge in [0.2, 0.25) is 5.91 Å². The molecule has 148 valence electrons. The summed E-state index contributed by atoms with van der Waals surface area (Å²) >= 11 is 3.48. The van der Waals surface area contributed by atoms with Gasteiger partial charge in [-0.2, -0.15) is 0 Å². The highest BCUT2D eigenvalue weighted by Crippen LogP contribution is 2.56. The van der Waals surface area contributed by atoms with Gasteiger partial charge in [-0.3, -0.25) is 9.78 Å². The number of nitrogens with one attached hydrogen (secondary N) is 2. The summed E-state index contributed by atoms with van der Waals surface area (Å²) in [6.07, 6.45) is 8.91. The molecule has 5 nitrogen and oxygen atoms in total. The number of halogens is 1. The predicted molar refractivity (Wildman–Crippen MR) is 115 cm³/mol. The maximum atomic E-state index is 13.1. The van der Waals surface area contributed by atoms with Gasteiger partial charge in [-0.15, -0.1) is 0 Å². The molecule has 0 radical (unpaired) electrons. The number of hydrogen-bond donors (Lipinski definition) is 2. The Balaban J connectivity index is 1.36. The van der Waals surface area contributed by atoms with Crippen molar-refractivity contribution in [3.05, 3.63) is 70.8 Å². The topological polar surface area (TPSA) is 70.7 Å². The second-order valence-electron chi connectivity index (χ2n) is 8.15. The minimum Gasteiger partial charge on any atom is -0.352 e. The lowest BCUT2D eigenvalue weighted by Crippen LogP contribution is -2.37. The smallest absolute Gasteiger partial charge is 0.224 e. The molecule has 1 amide bonds. The van der Waals surface area contributed by atoms with Crippen molar-refractivity contribution in [1.29, 1.82) is 0 Å². The number of benzene rings is 1. The summed E-state index contributed by atoms with van der Waals surface area (Å²) in [6, 6.07) is 12.1. The number of pyridine rings is 1. The molecule has 2 bridgehead atoms. The Hall–Kier alpha value is -2.47. The molecule has 0 saturated heterocycles. The quantitative estimate of drug-likeness (QED) is 0.592. The lowest BCUT2D eigenvalue weighted by molar-refractivity contribution is -0.127. The van der Waals surface area contributed by atoms with Gasteiger partial charge in [0.25, 0.3) is 0 Å². The van der Waals surface area contributed by atoms with E-state index in [4.69, 9.17) is 4.98 Å². The summed E-state index contributed by atoms with van der Waals surface area (Å²) in [5.41, 5.74) is 3.13. The lowest BCUT2D eigenvalue weighted by Gasteiger charge is -2.28. The fraction of sp³-hybridized carbons (Fsp3) is 0.348. The first kappa shape index (κ1) is 18.6. The molecule has 29 heavy (non-hydrogen) atoms. The van der Waals surface area contributed by atoms with Crippen molar-refractivity contribution >= 4 is 21.8 Å². The second-order valence-corrected chi connectivity index (χ2v) is 9.07. The molecular formula is C23H23BrN4O. The van der Waals surface area contributed by atoms with Gasteiger partial charge < -0.3 is 10.3 Å². The zero-order valence-electron chi connectivity index (χ0n) is 16.0. The summed E-state index contributed by atoms with van der Waals surface area (Å²) in [5, 5.41) is 3.14. The van der Waals surface area contributed by atoms with Crippen molar-refractivity contribution in [2.45, 2.75) is 31.7 Å². The molecule has 0 unspecified atom stereocenters. The average molecular weight is 451 g/mol. The molecule has 2 N–H and O–H groups in total. The van der Waals surface area contributed by atoms with Crippen LogP contribution in [0.5, 0.6) is 0 Å². The molecule has 0 spiro atoms. The number of carbonyl (C=O) groups excluding carboxylic acids is 1. The summed E-state index contributed by atoms with van der Waals surface area (Å²) in [5.74, 6) is 2.27. The Labute approximate surface area is 178 Å². The zero-order chi connectivity index (χ0) is 19.8. The van der Waals surface area contributed by atoms with Crippen molar-refractivity contribution in [3.8, 4) is 11.3 Å². The van der Waals surface area contributed by atoms with E-state index in [1.54, 1.807) is 12.4 Å². The van der Waals surface area contributed by atoms with E-state index >= 15 is 0 Å². The van der Waals surface area contributed by atoms with Crippen LogP contribution in [0.3, 0.4) is 0 Å². The van der Waals surface area contributed by atoms with Crippen LogP contribution in [0.1, 0.15) is 36.6 Å². The third-order valence-electron chi connectivity index (χ3n) is 6.48. The maximum Gasteiger partial charge on any atom is 0.224 e. The van der Waals surface area contributed by atoms with Crippen LogP contribution < -0.4 is 5.32 Å². The Kier molecular flexibility index (Phi) is 4.96. The highest BCUT2D eigenvalue weighted by atomic mass is 79.9. The van der Waals surface area contributed by atoms with E-state index in [1.807, 2.05) is 30.5 Å². The normalized spacial score (nSPS) is 25.3. The minimum absolute atomic E-state index is 0.00524. The van der Waals surface area contributed by atoms with Crippen LogP contribution in [-0.4, -0.2) is 20.9 Å². The molecule has 0 aliphatic heterocycles. The molecule has 6 heteroatoms. The Morgan fingerprint density at radius 3 is 2.76 bits per heavy atom. The van der Waals surface area contributed by atoms with Gasteiger partial charge in [0.05, 0.1) is 17.8 Å². The van der Waals surface area contributed by atoms with E-state index in [0.29, 0.717) is 18.4 Å². The van der Waals surface area contributed by atoms with Crippen LogP contribution >= 0.6 is 15.9 Å². The van der Waals surface area contributed by atoms with Gasteiger partial charge in [-0.25, -0.2) is 4.98 Å². The Bertz CT molecular complexity index is 1000. The molecule has 5 rings (SSSR count). The van der Waals surface area contributed by atoms with Crippen molar-refractivity contribution < 1.29 is 4.79 Å². The fourth-order valence-electron chi connectivity index (χ4n) is 5.15. The fourth-order valence-corrected chi connectivity index (χ4v) is 5.42. The SMILES string of the molecule is O=C(NCc1cccnc1)[C@@H]1[C@@H]2CC[C@@H](C2)[C@H]1c1ncc(-c2ccc(Br)cc2)[nH]1. The molecular weight excluding hydrogens is 428 g/mol. The number of imidazole rings is 1. The van der Waals surface area contributed by atoms with Gasteiger partial charge in [-0.05, 0) is 60.4 Å². The summed E-state index contributed by atoms with van der Waals surface area (Å²) in [7, 11) is 0. The molecule has 2 fully saturated rings. The van der Waals surface area contributed by atoms with E-state index in [0.717, 1.165) is 40.0 Å². The molecule has 4 atom stereocenters. The molecule has 2 aromatic heterocycles. The van der Waals surface area contributed by atoms with Gasteiger partial charge >= 0.3 is 0 Å². The van der Waals surface area contributed by atoms with E-state index in [2.05, 4.69) is 43.3 Å². The Morgan fingerprint density at radius 2 is 1.97 bits per heavy atom. The number of carbonyl (C=O) groups is 1. The molecule has 2 heterocycles. The average Bonchev–Trinajstić information content (AvgIpc) is 3.49. The first-order valence-corrected chi connectivity index (χ1v) is 11.0. The minimum atomic E-state index is -0.00524. The molecule has 2 saturated carbocycles. The number of hydrogen-bond acceptors (Lipinski definition) is 3. The van der Waals surface area contributed by atoms with Crippen LogP contribution in [0.15, 0.2) is 59.5 Å². The van der Waals surface area contributed by atoms with Crippen LogP contribution in [0.2, 0.25) is 0 Å². The van der Waals surface area contributed by atoms with Crippen LogP contribution in [0, 0.1) is 17.8 Å². The standard InChI is InChI=1S/C23H23BrN4O/c24-18-7-5-15(6-8-18)19-13-26-22(28-19)20-16-3-4-17(10-16)21(20)23(29)27-12-14-2-1-9-25-11-14/h1-2,5-9,11,13,16-17,20-21H,3-4,10,12H2,(H,26,28)(H,27,29)/t16-,17+,20+,21+/m0/s1. The summed E-state index contributed by atoms with van der Waals surface area (Å²) in [6.45, 7) is 0.523. The predicted octanol–water partition coefficient (Wildman–Crippen LogP) is 4.68. The molecule has 2 aliphatic rings. The van der Waals surface area contributed by atoms with Crippen molar-refractivity contribution in [3.63, 3.8) is 0 Å². The van der Waals surface area contributed by atoms with Gasteiger partial charge in [0.15, 0.2) is 0 Å². The second kappa shape index (κ2) is 7.75. The number of aromatic nitrogens is 3. The van der Waals surface area contributed by atoms with Crippen LogP contribution in [0.4, 0.5) is 0 Å². The molecule has 1 aromatic carbocycles. The van der Waals surface area contributed by atoms with Crippen LogP contribution in [-0.2, 0) is 11.3 Å². The largest absolute Gasteiger partial charge is 0.352 e. The first-order chi connectivity index (χ1) is 14.2. The number of fused-ring (bicyclic) bond motifs is 2. The van der Waals surface area contributed by atoms with Crippen molar-refractivity contribution in [2.75, 3.05) is 0 Å². The first-order valence-electron chi connectivity index (χ1n) is 10.2. The van der Waals surface area contributed by atoms with E-state index in [-0.39, 0.29) is 17.7 Å². The molecule has 3 aromatic rings. The number of rotatable bonds is 5. The lowest BCUT2D eigenvalue weighted by atomic mass is 9.78. The van der Waals surface area contributed by atoms with Crippen molar-refractivity contribution in [2.24, 2.45) is 17.8 Å². The third kappa shape index (κ3) is 3.62. The number of amides is 1. The van der Waals surface area contributed by atoms with E-state index in [1.165, 1.54) is 6.42 Å². The van der Waals surface area contributed by atoms with Crippen molar-refractivity contribution in [1.82, 2.24) is 20.3 Å². The number of aromatic amines is 1. The number of H-pyrrole nitrogens is 1. The highest BCUT2D eigenvalue weighted by molar-refractivity contribution is 9.10. The maximum absolute atomic E-state index is 13.1. The van der Waals surface area contributed by atoms with E-state index < -0.39 is 0 Å².